The fourth-order valence-corrected chi connectivity index (χ4v) is 3.82. The molecule has 0 spiro atoms. The van der Waals surface area contributed by atoms with Crippen LogP contribution in [0.4, 0.5) is 5.69 Å². The van der Waals surface area contributed by atoms with Gasteiger partial charge in [-0.1, -0.05) is 0 Å². The van der Waals surface area contributed by atoms with Crippen LogP contribution in [0.2, 0.25) is 0 Å². The Kier molecular flexibility index (Phi) is 6.45. The molecule has 0 atom stereocenters. The van der Waals surface area contributed by atoms with E-state index in [1.165, 1.54) is 0 Å². The van der Waals surface area contributed by atoms with Gasteiger partial charge in [-0.05, 0) is 0 Å². The van der Waals surface area contributed by atoms with Gasteiger partial charge in [0.2, 0.25) is 0 Å². The van der Waals surface area contributed by atoms with Gasteiger partial charge in [-0.2, -0.15) is 0 Å². The zero-order valence-corrected chi connectivity index (χ0v) is 15.4. The van der Waals surface area contributed by atoms with Crippen molar-refractivity contribution in [1.29, 1.82) is 0 Å². The number of ether oxygens (including phenoxy) is 1. The van der Waals surface area contributed by atoms with Crippen LogP contribution in [-0.2, 0) is 9.53 Å². The topological polar surface area (TPSA) is 29.5 Å². The molecular formula is C19H21NO2Se. The molecule has 120 valence electrons. The van der Waals surface area contributed by atoms with E-state index in [4.69, 9.17) is 4.74 Å². The van der Waals surface area contributed by atoms with Gasteiger partial charge >= 0.3 is 144 Å². The first-order chi connectivity index (χ1) is 11.1. The van der Waals surface area contributed by atoms with Gasteiger partial charge in [0.25, 0.3) is 0 Å². The minimum absolute atomic E-state index is 0.0757. The van der Waals surface area contributed by atoms with Crippen LogP contribution in [0, 0.1) is 0 Å². The van der Waals surface area contributed by atoms with Crippen LogP contribution in [0.1, 0.15) is 12.5 Å². The van der Waals surface area contributed by atoms with E-state index in [1.807, 2.05) is 86.6 Å². The standard InChI is InChI=1S/C19H21NO2Se/c1-4-22-19(21)18(23-17-8-6-5-7-9-17)14-15-10-12-16(13-11-15)20(2)3/h5-14H,4H2,1-3H3/b18-14-. The van der Waals surface area contributed by atoms with Crippen molar-refractivity contribution < 1.29 is 9.53 Å². The zero-order chi connectivity index (χ0) is 16.7. The van der Waals surface area contributed by atoms with Gasteiger partial charge < -0.3 is 0 Å². The second-order valence-corrected chi connectivity index (χ2v) is 7.47. The van der Waals surface area contributed by atoms with E-state index in [2.05, 4.69) is 0 Å². The Morgan fingerprint density at radius 3 is 2.30 bits per heavy atom. The molecule has 0 aliphatic heterocycles. The first-order valence-corrected chi connectivity index (χ1v) is 9.20. The van der Waals surface area contributed by atoms with Crippen LogP contribution in [0.3, 0.4) is 0 Å². The van der Waals surface area contributed by atoms with Gasteiger partial charge in [0.05, 0.1) is 0 Å². The normalized spacial score (nSPS) is 11.2. The molecule has 0 fully saturated rings. The monoisotopic (exact) mass is 375 g/mol. The molecule has 2 rings (SSSR count). The maximum absolute atomic E-state index is 12.2. The summed E-state index contributed by atoms with van der Waals surface area (Å²) in [6.07, 6.45) is 1.93. The predicted octanol–water partition coefficient (Wildman–Crippen LogP) is 2.69. The van der Waals surface area contributed by atoms with Crippen molar-refractivity contribution in [2.45, 2.75) is 6.92 Å². The van der Waals surface area contributed by atoms with Crippen LogP contribution in [0.15, 0.2) is 59.1 Å². The average molecular weight is 374 g/mol. The third-order valence-corrected chi connectivity index (χ3v) is 5.28. The second-order valence-electron chi connectivity index (χ2n) is 5.13. The summed E-state index contributed by atoms with van der Waals surface area (Å²) in [6, 6.07) is 18.2. The van der Waals surface area contributed by atoms with Crippen LogP contribution in [0.5, 0.6) is 0 Å². The zero-order valence-electron chi connectivity index (χ0n) is 13.7. The molecule has 0 unspecified atom stereocenters. The number of esters is 1. The van der Waals surface area contributed by atoms with Crippen molar-refractivity contribution in [3.05, 3.63) is 64.6 Å². The fraction of sp³-hybridized carbons (Fsp3) is 0.211. The Hall–Kier alpha value is -2.03. The van der Waals surface area contributed by atoms with Gasteiger partial charge in [0.15, 0.2) is 0 Å². The van der Waals surface area contributed by atoms with Crippen molar-refractivity contribution in [2.75, 3.05) is 25.6 Å². The summed E-state index contributed by atoms with van der Waals surface area (Å²) in [6.45, 7) is 2.22. The summed E-state index contributed by atoms with van der Waals surface area (Å²) < 4.78 is 7.09. The second kappa shape index (κ2) is 8.56. The molecule has 2 aromatic rings. The van der Waals surface area contributed by atoms with E-state index < -0.39 is 0 Å². The fourth-order valence-electron chi connectivity index (χ4n) is 1.97. The molecule has 4 heteroatoms. The summed E-state index contributed by atoms with van der Waals surface area (Å²) >= 11 is -0.0757. The van der Waals surface area contributed by atoms with Gasteiger partial charge in [0.1, 0.15) is 0 Å². The number of anilines is 1. The van der Waals surface area contributed by atoms with E-state index in [1.54, 1.807) is 0 Å². The predicted molar refractivity (Wildman–Crippen MR) is 97.2 cm³/mol. The van der Waals surface area contributed by atoms with Gasteiger partial charge in [-0.15, -0.1) is 0 Å². The number of rotatable bonds is 6. The third-order valence-electron chi connectivity index (χ3n) is 3.15. The number of benzene rings is 2. The molecule has 2 aromatic carbocycles. The number of nitrogens with zero attached hydrogens (tertiary/aromatic N) is 1. The molecule has 0 radical (unpaired) electrons. The average Bonchev–Trinajstić information content (AvgIpc) is 2.56. The quantitative estimate of drug-likeness (QED) is 0.442. The van der Waals surface area contributed by atoms with Crippen LogP contribution in [-0.4, -0.2) is 41.6 Å². The Bertz CT molecular complexity index is 664. The molecular weight excluding hydrogens is 353 g/mol. The Balaban J connectivity index is 2.26. The first-order valence-electron chi connectivity index (χ1n) is 7.49. The van der Waals surface area contributed by atoms with Crippen molar-refractivity contribution >= 4 is 37.2 Å². The van der Waals surface area contributed by atoms with E-state index >= 15 is 0 Å². The summed E-state index contributed by atoms with van der Waals surface area (Å²) in [7, 11) is 4.01. The molecule has 0 saturated heterocycles. The van der Waals surface area contributed by atoms with Crippen molar-refractivity contribution in [3.63, 3.8) is 0 Å². The number of carbonyl (C=O) groups is 1. The van der Waals surface area contributed by atoms with Crippen molar-refractivity contribution in [2.24, 2.45) is 0 Å². The van der Waals surface area contributed by atoms with Crippen LogP contribution in [0.25, 0.3) is 6.08 Å². The summed E-state index contributed by atoms with van der Waals surface area (Å²) in [5.74, 6) is -0.229. The molecule has 0 saturated carbocycles. The number of carbonyl (C=O) groups excluding carboxylic acids is 1. The van der Waals surface area contributed by atoms with Crippen LogP contribution < -0.4 is 9.36 Å². The molecule has 0 N–H and O–H groups in total. The summed E-state index contributed by atoms with van der Waals surface area (Å²) in [4.78, 5) is 14.3. The molecule has 0 heterocycles. The summed E-state index contributed by atoms with van der Waals surface area (Å²) in [5.41, 5.74) is 2.14. The van der Waals surface area contributed by atoms with E-state index in [9.17, 15) is 4.79 Å². The first kappa shape index (κ1) is 17.3. The maximum atomic E-state index is 12.2. The van der Waals surface area contributed by atoms with Crippen molar-refractivity contribution in [3.8, 4) is 0 Å². The van der Waals surface area contributed by atoms with E-state index in [0.717, 1.165) is 20.2 Å². The molecule has 0 aliphatic rings. The van der Waals surface area contributed by atoms with E-state index in [-0.39, 0.29) is 20.9 Å². The van der Waals surface area contributed by atoms with Gasteiger partial charge in [0, 0.05) is 0 Å². The Morgan fingerprint density at radius 1 is 1.09 bits per heavy atom. The number of hydrogen-bond acceptors (Lipinski definition) is 3. The number of hydrogen-bond donors (Lipinski definition) is 0. The van der Waals surface area contributed by atoms with E-state index in [0.29, 0.717) is 6.61 Å². The third kappa shape index (κ3) is 5.27. The Morgan fingerprint density at radius 2 is 1.74 bits per heavy atom. The Labute approximate surface area is 144 Å². The van der Waals surface area contributed by atoms with Crippen molar-refractivity contribution in [1.82, 2.24) is 0 Å². The molecule has 23 heavy (non-hydrogen) atoms. The minimum atomic E-state index is -0.229. The van der Waals surface area contributed by atoms with Gasteiger partial charge in [-0.25, -0.2) is 0 Å². The molecule has 3 nitrogen and oxygen atoms in total. The molecule has 0 bridgehead atoms. The molecule has 0 aromatic heterocycles. The van der Waals surface area contributed by atoms with Crippen LogP contribution >= 0.6 is 0 Å². The summed E-state index contributed by atoms with van der Waals surface area (Å²) in [5, 5.41) is 0. The SMILES string of the molecule is CCOC(=O)/C(=C/c1ccc(N(C)C)cc1)[Se]c1ccccc1. The van der Waals surface area contributed by atoms with Gasteiger partial charge in [-0.3, -0.25) is 0 Å². The molecule has 0 amide bonds. The molecule has 0 aliphatic carbocycles.